The van der Waals surface area contributed by atoms with E-state index in [9.17, 15) is 8.42 Å². The predicted molar refractivity (Wildman–Crippen MR) is 148 cm³/mol. The van der Waals surface area contributed by atoms with Crippen molar-refractivity contribution in [3.63, 3.8) is 0 Å². The zero-order valence-electron chi connectivity index (χ0n) is 21.4. The second-order valence-electron chi connectivity index (χ2n) is 10.7. The lowest BCUT2D eigenvalue weighted by Gasteiger charge is -2.21. The number of aryl methyl sites for hydroxylation is 2. The van der Waals surface area contributed by atoms with Crippen molar-refractivity contribution < 1.29 is 8.42 Å². The number of sulfonamides is 1. The van der Waals surface area contributed by atoms with Gasteiger partial charge in [0, 0.05) is 12.2 Å². The number of aromatic nitrogens is 1. The molecule has 1 saturated carbocycles. The van der Waals surface area contributed by atoms with Gasteiger partial charge in [-0.3, -0.25) is 4.72 Å². The summed E-state index contributed by atoms with van der Waals surface area (Å²) < 4.78 is 29.4. The molecule has 7 heteroatoms. The average molecular weight is 512 g/mol. The van der Waals surface area contributed by atoms with Gasteiger partial charge in [-0.2, -0.15) is 0 Å². The fourth-order valence-electron chi connectivity index (χ4n) is 4.64. The first-order valence-corrected chi connectivity index (χ1v) is 14.8. The Morgan fingerprint density at radius 2 is 1.69 bits per heavy atom. The fourth-order valence-corrected chi connectivity index (χ4v) is 6.94. The summed E-state index contributed by atoms with van der Waals surface area (Å²) in [5, 5.41) is 4.43. The van der Waals surface area contributed by atoms with Crippen molar-refractivity contribution in [2.45, 2.75) is 77.0 Å². The molecule has 2 aromatic carbocycles. The third kappa shape index (κ3) is 6.25. The average Bonchev–Trinajstić information content (AvgIpc) is 3.18. The summed E-state index contributed by atoms with van der Waals surface area (Å²) in [6, 6.07) is 13.2. The summed E-state index contributed by atoms with van der Waals surface area (Å²) >= 11 is 1.60. The van der Waals surface area contributed by atoms with Crippen LogP contribution in [0.25, 0.3) is 10.4 Å². The summed E-state index contributed by atoms with van der Waals surface area (Å²) in [5.41, 5.74) is 4.24. The van der Waals surface area contributed by atoms with Crippen LogP contribution in [0.15, 0.2) is 47.4 Å². The Bertz CT molecular complexity index is 1270. The normalized spacial score (nSPS) is 15.2. The van der Waals surface area contributed by atoms with Gasteiger partial charge in [-0.15, -0.1) is 0 Å². The molecule has 1 aromatic heterocycles. The highest BCUT2D eigenvalue weighted by Gasteiger charge is 2.21. The summed E-state index contributed by atoms with van der Waals surface area (Å²) in [6.45, 7) is 11.2. The Morgan fingerprint density at radius 3 is 2.34 bits per heavy atom. The minimum absolute atomic E-state index is 0.0129. The summed E-state index contributed by atoms with van der Waals surface area (Å²) in [6.07, 6.45) is 6.57. The first-order chi connectivity index (χ1) is 16.5. The van der Waals surface area contributed by atoms with Crippen molar-refractivity contribution >= 4 is 32.2 Å². The smallest absolute Gasteiger partial charge is 0.262 e. The molecule has 3 aromatic rings. The van der Waals surface area contributed by atoms with Gasteiger partial charge in [0.05, 0.1) is 15.5 Å². The van der Waals surface area contributed by atoms with Crippen molar-refractivity contribution in [3.05, 3.63) is 59.3 Å². The van der Waals surface area contributed by atoms with Gasteiger partial charge in [-0.05, 0) is 72.9 Å². The molecular formula is C28H37N3O2S2. The van der Waals surface area contributed by atoms with Crippen LogP contribution in [0.4, 0.5) is 10.8 Å². The Balaban J connectivity index is 1.54. The van der Waals surface area contributed by atoms with Crippen LogP contribution in [-0.2, 0) is 15.4 Å². The van der Waals surface area contributed by atoms with Crippen LogP contribution in [0.5, 0.6) is 0 Å². The third-order valence-electron chi connectivity index (χ3n) is 6.81. The van der Waals surface area contributed by atoms with Crippen molar-refractivity contribution in [1.29, 1.82) is 0 Å². The number of hydrogen-bond acceptors (Lipinski definition) is 5. The molecule has 0 saturated heterocycles. The number of anilines is 2. The molecule has 5 nitrogen and oxygen atoms in total. The first-order valence-electron chi connectivity index (χ1n) is 12.5. The maximum atomic E-state index is 13.3. The molecule has 4 rings (SSSR count). The van der Waals surface area contributed by atoms with Crippen molar-refractivity contribution in [3.8, 4) is 10.4 Å². The van der Waals surface area contributed by atoms with Gasteiger partial charge < -0.3 is 5.32 Å². The maximum Gasteiger partial charge on any atom is 0.262 e. The van der Waals surface area contributed by atoms with E-state index >= 15 is 0 Å². The number of hydrogen-bond donors (Lipinski definition) is 2. The summed E-state index contributed by atoms with van der Waals surface area (Å²) in [4.78, 5) is 6.02. The number of nitrogens with one attached hydrogen (secondary N) is 2. The van der Waals surface area contributed by atoms with E-state index in [1.54, 1.807) is 17.4 Å². The van der Waals surface area contributed by atoms with Gasteiger partial charge in [0.15, 0.2) is 5.13 Å². The third-order valence-corrected chi connectivity index (χ3v) is 9.49. The van der Waals surface area contributed by atoms with Gasteiger partial charge >= 0.3 is 0 Å². The lowest BCUT2D eigenvalue weighted by Crippen LogP contribution is -2.16. The highest BCUT2D eigenvalue weighted by molar-refractivity contribution is 7.92. The highest BCUT2D eigenvalue weighted by atomic mass is 32.2. The minimum atomic E-state index is -3.74. The van der Waals surface area contributed by atoms with Crippen LogP contribution in [0.2, 0.25) is 0 Å². The highest BCUT2D eigenvalue weighted by Crippen LogP contribution is 2.35. The molecule has 0 atom stereocenters. The predicted octanol–water partition coefficient (Wildman–Crippen LogP) is 7.52. The quantitative estimate of drug-likeness (QED) is 0.344. The van der Waals surface area contributed by atoms with Gasteiger partial charge in [-0.25, -0.2) is 13.4 Å². The van der Waals surface area contributed by atoms with Gasteiger partial charge in [0.25, 0.3) is 10.0 Å². The number of nitrogens with zero attached hydrogens (tertiary/aromatic N) is 1. The lowest BCUT2D eigenvalue weighted by atomic mass is 9.87. The topological polar surface area (TPSA) is 71.1 Å². The summed E-state index contributed by atoms with van der Waals surface area (Å²) in [7, 11) is -3.74. The van der Waals surface area contributed by atoms with Gasteiger partial charge in [0.2, 0.25) is 0 Å². The second-order valence-corrected chi connectivity index (χ2v) is 13.4. The number of rotatable bonds is 7. The van der Waals surface area contributed by atoms with Crippen LogP contribution in [0.3, 0.4) is 0 Å². The second kappa shape index (κ2) is 10.3. The van der Waals surface area contributed by atoms with Crippen molar-refractivity contribution in [2.24, 2.45) is 5.92 Å². The van der Waals surface area contributed by atoms with E-state index in [1.807, 2.05) is 50.2 Å². The summed E-state index contributed by atoms with van der Waals surface area (Å²) in [5.74, 6) is 0.719. The van der Waals surface area contributed by atoms with E-state index in [0.717, 1.165) is 39.3 Å². The molecule has 1 heterocycles. The van der Waals surface area contributed by atoms with Crippen LogP contribution in [0, 0.1) is 19.8 Å². The van der Waals surface area contributed by atoms with Crippen LogP contribution < -0.4 is 10.0 Å². The van der Waals surface area contributed by atoms with E-state index in [-0.39, 0.29) is 5.41 Å². The Morgan fingerprint density at radius 1 is 1.00 bits per heavy atom. The van der Waals surface area contributed by atoms with E-state index in [2.05, 4.69) is 30.8 Å². The lowest BCUT2D eigenvalue weighted by molar-refractivity contribution is 0.373. The Labute approximate surface area is 214 Å². The number of benzene rings is 2. The molecule has 0 spiro atoms. The maximum absolute atomic E-state index is 13.3. The molecule has 0 aliphatic heterocycles. The fraction of sp³-hybridized carbons (Fsp3) is 0.464. The van der Waals surface area contributed by atoms with E-state index in [4.69, 9.17) is 4.98 Å². The molecule has 188 valence electrons. The number of thiazole rings is 1. The molecule has 1 fully saturated rings. The Hall–Kier alpha value is -2.38. The molecule has 2 N–H and O–H groups in total. The van der Waals surface area contributed by atoms with Crippen LogP contribution >= 0.6 is 11.3 Å². The Kier molecular flexibility index (Phi) is 7.57. The van der Waals surface area contributed by atoms with Crippen LogP contribution in [-0.4, -0.2) is 19.9 Å². The van der Waals surface area contributed by atoms with Crippen LogP contribution in [0.1, 0.15) is 69.7 Å². The van der Waals surface area contributed by atoms with E-state index in [0.29, 0.717) is 16.1 Å². The molecule has 0 bridgehead atoms. The molecule has 35 heavy (non-hydrogen) atoms. The zero-order chi connectivity index (χ0) is 25.2. The van der Waals surface area contributed by atoms with E-state index < -0.39 is 10.0 Å². The molecular weight excluding hydrogens is 474 g/mol. The van der Waals surface area contributed by atoms with Gasteiger partial charge in [0.1, 0.15) is 0 Å². The zero-order valence-corrected chi connectivity index (χ0v) is 23.1. The van der Waals surface area contributed by atoms with Crippen molar-refractivity contribution in [2.75, 3.05) is 16.6 Å². The molecule has 1 aliphatic carbocycles. The molecule has 0 radical (unpaired) electrons. The molecule has 1 aliphatic rings. The van der Waals surface area contributed by atoms with E-state index in [1.165, 1.54) is 32.1 Å². The van der Waals surface area contributed by atoms with Crippen molar-refractivity contribution in [1.82, 2.24) is 4.98 Å². The monoisotopic (exact) mass is 511 g/mol. The SMILES string of the molecule is Cc1ccc(-c2sc(NCC3CCCCC3)nc2C)cc1S(=O)(=O)Nc1ccc(C(C)(C)C)cc1. The molecule has 0 unspecified atom stereocenters. The minimum Gasteiger partial charge on any atom is -0.361 e. The first kappa shape index (κ1) is 25.7. The standard InChI is InChI=1S/C28H37N3O2S2/c1-19-11-12-22(26-20(2)30-27(34-26)29-18-21-9-7-6-8-10-21)17-25(19)35(32,33)31-24-15-13-23(14-16-24)28(3,4)5/h11-17,21,31H,6-10,18H2,1-5H3,(H,29,30). The molecule has 0 amide bonds. The largest absolute Gasteiger partial charge is 0.361 e. The van der Waals surface area contributed by atoms with Gasteiger partial charge in [-0.1, -0.05) is 75.6 Å².